The van der Waals surface area contributed by atoms with Crippen molar-refractivity contribution in [1.29, 1.82) is 0 Å². The smallest absolute Gasteiger partial charge is 0.306 e. The molecule has 2 fully saturated rings. The predicted molar refractivity (Wildman–Crippen MR) is 74.3 cm³/mol. The molecule has 0 spiro atoms. The summed E-state index contributed by atoms with van der Waals surface area (Å²) in [5, 5.41) is 9.10. The van der Waals surface area contributed by atoms with Gasteiger partial charge >= 0.3 is 5.97 Å². The number of methoxy groups -OCH3 is 1. The van der Waals surface area contributed by atoms with Crippen LogP contribution in [0.3, 0.4) is 0 Å². The monoisotopic (exact) mass is 283 g/mol. The average molecular weight is 283 g/mol. The van der Waals surface area contributed by atoms with Crippen LogP contribution in [0.1, 0.15) is 38.5 Å². The van der Waals surface area contributed by atoms with Crippen molar-refractivity contribution in [3.63, 3.8) is 0 Å². The zero-order valence-corrected chi connectivity index (χ0v) is 12.2. The van der Waals surface area contributed by atoms with Gasteiger partial charge in [0.05, 0.1) is 5.92 Å². The number of carboxylic acid groups (broad SMARTS) is 1. The van der Waals surface area contributed by atoms with Crippen LogP contribution in [0.2, 0.25) is 0 Å². The lowest BCUT2D eigenvalue weighted by molar-refractivity contribution is -0.146. The van der Waals surface area contributed by atoms with Crippen LogP contribution >= 0.6 is 0 Å². The van der Waals surface area contributed by atoms with E-state index in [0.717, 1.165) is 51.8 Å². The lowest BCUT2D eigenvalue weighted by Crippen LogP contribution is -2.44. The van der Waals surface area contributed by atoms with Crippen molar-refractivity contribution in [3.05, 3.63) is 0 Å². The molecule has 1 heterocycles. The third kappa shape index (κ3) is 3.72. The van der Waals surface area contributed by atoms with Crippen LogP contribution in [0.15, 0.2) is 0 Å². The molecule has 2 atom stereocenters. The number of carbonyl (C=O) groups excluding carboxylic acids is 1. The summed E-state index contributed by atoms with van der Waals surface area (Å²) in [6, 6.07) is 0. The highest BCUT2D eigenvalue weighted by atomic mass is 16.5. The van der Waals surface area contributed by atoms with Gasteiger partial charge in [0.15, 0.2) is 0 Å². The van der Waals surface area contributed by atoms with Gasteiger partial charge in [-0.25, -0.2) is 0 Å². The van der Waals surface area contributed by atoms with Crippen LogP contribution < -0.4 is 0 Å². The highest BCUT2D eigenvalue weighted by Crippen LogP contribution is 2.31. The summed E-state index contributed by atoms with van der Waals surface area (Å²) in [4.78, 5) is 25.5. The van der Waals surface area contributed by atoms with E-state index in [-0.39, 0.29) is 17.7 Å². The molecule has 1 aliphatic carbocycles. The molecule has 2 rings (SSSR count). The molecule has 0 radical (unpaired) electrons. The van der Waals surface area contributed by atoms with Gasteiger partial charge in [0.1, 0.15) is 0 Å². The maximum atomic E-state index is 12.5. The van der Waals surface area contributed by atoms with Crippen molar-refractivity contribution in [2.75, 3.05) is 26.8 Å². The Labute approximate surface area is 120 Å². The number of piperidine rings is 1. The molecule has 0 aromatic heterocycles. The Kier molecular flexibility index (Phi) is 5.40. The zero-order chi connectivity index (χ0) is 14.5. The Balaban J connectivity index is 1.84. The minimum absolute atomic E-state index is 0.0798. The molecule has 0 bridgehead atoms. The number of nitrogens with zero attached hydrogens (tertiary/aromatic N) is 1. The van der Waals surface area contributed by atoms with E-state index in [1.54, 1.807) is 7.11 Å². The quantitative estimate of drug-likeness (QED) is 0.853. The minimum Gasteiger partial charge on any atom is -0.481 e. The molecule has 20 heavy (non-hydrogen) atoms. The molecule has 1 N–H and O–H groups in total. The topological polar surface area (TPSA) is 66.8 Å². The van der Waals surface area contributed by atoms with Crippen LogP contribution in [-0.2, 0) is 14.3 Å². The molecule has 2 unspecified atom stereocenters. The van der Waals surface area contributed by atoms with E-state index in [4.69, 9.17) is 9.84 Å². The molecule has 5 nitrogen and oxygen atoms in total. The molecular weight excluding hydrogens is 258 g/mol. The Morgan fingerprint density at radius 1 is 1.15 bits per heavy atom. The van der Waals surface area contributed by atoms with Crippen molar-refractivity contribution in [3.8, 4) is 0 Å². The van der Waals surface area contributed by atoms with Crippen molar-refractivity contribution in [2.24, 2.45) is 17.8 Å². The standard InChI is InChI=1S/C15H25NO4/c1-20-10-11-5-7-16(8-6-11)14(17)12-3-2-4-13(9-12)15(18)19/h11-13H,2-10H2,1H3,(H,18,19). The molecule has 2 aliphatic rings. The van der Waals surface area contributed by atoms with Crippen LogP contribution in [0.4, 0.5) is 0 Å². The van der Waals surface area contributed by atoms with E-state index >= 15 is 0 Å². The van der Waals surface area contributed by atoms with Gasteiger partial charge in [-0.05, 0) is 38.0 Å². The highest BCUT2D eigenvalue weighted by molar-refractivity contribution is 5.80. The number of hydrogen-bond donors (Lipinski definition) is 1. The van der Waals surface area contributed by atoms with Gasteiger partial charge in [0.2, 0.25) is 5.91 Å². The lowest BCUT2D eigenvalue weighted by Gasteiger charge is -2.35. The average Bonchev–Trinajstić information content (AvgIpc) is 2.48. The van der Waals surface area contributed by atoms with E-state index in [1.807, 2.05) is 4.90 Å². The number of amides is 1. The Bertz CT molecular complexity index is 350. The molecule has 114 valence electrons. The van der Waals surface area contributed by atoms with Crippen molar-refractivity contribution in [1.82, 2.24) is 4.90 Å². The van der Waals surface area contributed by atoms with Crippen LogP contribution in [0.25, 0.3) is 0 Å². The first kappa shape index (κ1) is 15.3. The predicted octanol–water partition coefficient (Wildman–Crippen LogP) is 1.76. The third-order valence-corrected chi connectivity index (χ3v) is 4.70. The maximum Gasteiger partial charge on any atom is 0.306 e. The van der Waals surface area contributed by atoms with Gasteiger partial charge in [0, 0.05) is 32.7 Å². The largest absolute Gasteiger partial charge is 0.481 e. The first-order chi connectivity index (χ1) is 9.61. The van der Waals surface area contributed by atoms with Crippen molar-refractivity contribution in [2.45, 2.75) is 38.5 Å². The molecule has 1 aliphatic heterocycles. The minimum atomic E-state index is -0.749. The van der Waals surface area contributed by atoms with E-state index in [2.05, 4.69) is 0 Å². The molecular formula is C15H25NO4. The highest BCUT2D eigenvalue weighted by Gasteiger charge is 2.34. The number of ether oxygens (including phenoxy) is 1. The van der Waals surface area contributed by atoms with Crippen molar-refractivity contribution < 1.29 is 19.4 Å². The fourth-order valence-corrected chi connectivity index (χ4v) is 3.45. The summed E-state index contributed by atoms with van der Waals surface area (Å²) in [6.45, 7) is 2.36. The van der Waals surface area contributed by atoms with Crippen molar-refractivity contribution >= 4 is 11.9 Å². The summed E-state index contributed by atoms with van der Waals surface area (Å²) in [6.07, 6.45) is 4.93. The second-order valence-electron chi connectivity index (χ2n) is 6.12. The second-order valence-corrected chi connectivity index (χ2v) is 6.12. The second kappa shape index (κ2) is 7.07. The Morgan fingerprint density at radius 2 is 1.80 bits per heavy atom. The summed E-state index contributed by atoms with van der Waals surface area (Å²) in [7, 11) is 1.71. The van der Waals surface area contributed by atoms with Gasteiger partial charge in [-0.15, -0.1) is 0 Å². The van der Waals surface area contributed by atoms with Crippen LogP contribution in [-0.4, -0.2) is 48.7 Å². The number of rotatable bonds is 4. The zero-order valence-electron chi connectivity index (χ0n) is 12.2. The number of carbonyl (C=O) groups is 2. The van der Waals surface area contributed by atoms with Gasteiger partial charge < -0.3 is 14.7 Å². The Hall–Kier alpha value is -1.10. The number of likely N-dealkylation sites (tertiary alicyclic amines) is 1. The van der Waals surface area contributed by atoms with E-state index in [1.165, 1.54) is 0 Å². The molecule has 1 saturated heterocycles. The molecule has 0 aromatic rings. The van der Waals surface area contributed by atoms with Gasteiger partial charge in [-0.2, -0.15) is 0 Å². The first-order valence-electron chi connectivity index (χ1n) is 7.62. The van der Waals surface area contributed by atoms with E-state index in [0.29, 0.717) is 12.3 Å². The molecule has 5 heteroatoms. The third-order valence-electron chi connectivity index (χ3n) is 4.70. The lowest BCUT2D eigenvalue weighted by atomic mass is 9.80. The number of hydrogen-bond acceptors (Lipinski definition) is 3. The maximum absolute atomic E-state index is 12.5. The summed E-state index contributed by atoms with van der Waals surface area (Å²) >= 11 is 0. The molecule has 1 amide bonds. The molecule has 1 saturated carbocycles. The number of carboxylic acids is 1. The SMILES string of the molecule is COCC1CCN(C(=O)C2CCCC(C(=O)O)C2)CC1. The normalized spacial score (nSPS) is 28.4. The van der Waals surface area contributed by atoms with E-state index < -0.39 is 5.97 Å². The number of aliphatic carboxylic acids is 1. The summed E-state index contributed by atoms with van der Waals surface area (Å²) in [5.41, 5.74) is 0. The van der Waals surface area contributed by atoms with Gasteiger partial charge in [-0.3, -0.25) is 9.59 Å². The summed E-state index contributed by atoms with van der Waals surface area (Å²) < 4.78 is 5.17. The van der Waals surface area contributed by atoms with Gasteiger partial charge in [0.25, 0.3) is 0 Å². The fraction of sp³-hybridized carbons (Fsp3) is 0.867. The summed E-state index contributed by atoms with van der Waals surface area (Å²) in [5.74, 6) is -0.428. The fourth-order valence-electron chi connectivity index (χ4n) is 3.45. The Morgan fingerprint density at radius 3 is 2.40 bits per heavy atom. The molecule has 0 aromatic carbocycles. The van der Waals surface area contributed by atoms with Crippen LogP contribution in [0.5, 0.6) is 0 Å². The van der Waals surface area contributed by atoms with Gasteiger partial charge in [-0.1, -0.05) is 6.42 Å². The van der Waals surface area contributed by atoms with E-state index in [9.17, 15) is 9.59 Å². The first-order valence-corrected chi connectivity index (χ1v) is 7.62. The van der Waals surface area contributed by atoms with Crippen LogP contribution in [0, 0.1) is 17.8 Å².